The maximum Gasteiger partial charge on any atom is 0.330 e. The first-order chi connectivity index (χ1) is 37.9. The Hall–Kier alpha value is -6.22. The van der Waals surface area contributed by atoms with E-state index in [1.54, 1.807) is 28.1 Å². The number of aryl methyl sites for hydroxylation is 2. The molecule has 5 heterocycles. The predicted octanol–water partition coefficient (Wildman–Crippen LogP) is 7.66. The summed E-state index contributed by atoms with van der Waals surface area (Å²) in [4.78, 5) is 57.4. The van der Waals surface area contributed by atoms with Crippen LogP contribution in [0.25, 0.3) is 0 Å². The second kappa shape index (κ2) is 23.1. The molecule has 2 N–H and O–H groups in total. The van der Waals surface area contributed by atoms with Gasteiger partial charge in [-0.25, -0.2) is 9.59 Å². The molecule has 0 aliphatic carbocycles. The minimum atomic E-state index is -3.77. The largest absolute Gasteiger partial charge is 0.497 e. The van der Waals surface area contributed by atoms with E-state index in [4.69, 9.17) is 53.9 Å². The Morgan fingerprint density at radius 1 is 0.646 bits per heavy atom. The summed E-state index contributed by atoms with van der Waals surface area (Å²) in [5, 5.41) is 1.66. The zero-order valence-corrected chi connectivity index (χ0v) is 47.8. The van der Waals surface area contributed by atoms with Crippen LogP contribution in [0, 0.1) is 13.8 Å². The molecular formula is C59H65N4O13PSSi. The Morgan fingerprint density at radius 3 is 1.61 bits per heavy atom. The molecule has 414 valence electrons. The van der Waals surface area contributed by atoms with Gasteiger partial charge in [-0.1, -0.05) is 136 Å². The summed E-state index contributed by atoms with van der Waals surface area (Å²) in [6.45, 7) is 9.82. The van der Waals surface area contributed by atoms with Crippen LogP contribution in [0.1, 0.15) is 80.3 Å². The molecule has 1 unspecified atom stereocenters. The highest BCUT2D eigenvalue weighted by atomic mass is 32.7. The summed E-state index contributed by atoms with van der Waals surface area (Å²) in [7, 11) is -3.82. The number of aromatic amines is 2. The van der Waals surface area contributed by atoms with Gasteiger partial charge in [0, 0.05) is 42.8 Å². The van der Waals surface area contributed by atoms with Gasteiger partial charge in [0.1, 0.15) is 54.0 Å². The van der Waals surface area contributed by atoms with Gasteiger partial charge in [0.25, 0.3) is 26.6 Å². The third-order valence-corrected chi connectivity index (χ3v) is 22.6. The molecule has 0 spiro atoms. The molecule has 5 aromatic carbocycles. The normalized spacial score (nSPS) is 23.6. The van der Waals surface area contributed by atoms with Crippen LogP contribution in [0.2, 0.25) is 5.04 Å². The van der Waals surface area contributed by atoms with Crippen molar-refractivity contribution in [3.8, 4) is 11.5 Å². The second-order valence-electron chi connectivity index (χ2n) is 21.1. The fraction of sp³-hybridized carbons (Fsp3) is 0.356. The van der Waals surface area contributed by atoms with E-state index in [0.29, 0.717) is 29.0 Å². The fourth-order valence-electron chi connectivity index (χ4n) is 11.2. The number of nitrogens with zero attached hydrogens (tertiary/aromatic N) is 2. The van der Waals surface area contributed by atoms with Gasteiger partial charge in [-0.15, -0.1) is 0 Å². The number of nitrogens with one attached hydrogen (secondary N) is 2. The van der Waals surface area contributed by atoms with Crippen LogP contribution in [0.5, 0.6) is 11.5 Å². The van der Waals surface area contributed by atoms with Crippen LogP contribution >= 0.6 is 7.15 Å². The zero-order valence-electron chi connectivity index (χ0n) is 45.1. The molecule has 10 rings (SSSR count). The lowest BCUT2D eigenvalue weighted by atomic mass is 9.80. The van der Waals surface area contributed by atoms with E-state index in [0.717, 1.165) is 27.1 Å². The van der Waals surface area contributed by atoms with Gasteiger partial charge in [-0.3, -0.25) is 28.7 Å². The van der Waals surface area contributed by atoms with E-state index in [1.165, 1.54) is 21.5 Å². The van der Waals surface area contributed by atoms with E-state index in [-0.39, 0.29) is 26.1 Å². The minimum Gasteiger partial charge on any atom is -0.497 e. The number of aromatic nitrogens is 4. The molecule has 0 amide bonds. The first-order valence-corrected chi connectivity index (χ1v) is 30.8. The Bertz CT molecular complexity index is 3390. The molecule has 20 heteroatoms. The number of benzene rings is 5. The summed E-state index contributed by atoms with van der Waals surface area (Å²) < 4.78 is 63.2. The lowest BCUT2D eigenvalue weighted by molar-refractivity contribution is -0.106. The van der Waals surface area contributed by atoms with E-state index >= 15 is 0 Å². The average molecular weight is 1130 g/mol. The van der Waals surface area contributed by atoms with Gasteiger partial charge >= 0.3 is 11.4 Å². The third kappa shape index (κ3) is 11.2. The van der Waals surface area contributed by atoms with Crippen molar-refractivity contribution in [2.24, 2.45) is 0 Å². The maximum atomic E-state index is 13.6. The molecule has 0 radical (unpaired) electrons. The first-order valence-electron chi connectivity index (χ1n) is 26.3. The molecule has 79 heavy (non-hydrogen) atoms. The van der Waals surface area contributed by atoms with Crippen LogP contribution in [-0.2, 0) is 50.1 Å². The molecule has 0 bridgehead atoms. The second-order valence-corrected chi connectivity index (χ2v) is 28.3. The van der Waals surface area contributed by atoms with Crippen molar-refractivity contribution in [3.63, 3.8) is 0 Å². The molecule has 17 nitrogen and oxygen atoms in total. The Balaban J connectivity index is 1.02. The van der Waals surface area contributed by atoms with Crippen molar-refractivity contribution in [3.05, 3.63) is 221 Å². The highest BCUT2D eigenvalue weighted by Gasteiger charge is 2.57. The van der Waals surface area contributed by atoms with Gasteiger partial charge in [0.2, 0.25) is 0 Å². The van der Waals surface area contributed by atoms with Crippen molar-refractivity contribution in [1.29, 1.82) is 0 Å². The number of H-pyrrole nitrogens is 2. The van der Waals surface area contributed by atoms with Crippen molar-refractivity contribution < 1.29 is 41.7 Å². The maximum absolute atomic E-state index is 13.6. The number of rotatable bonds is 17. The third-order valence-electron chi connectivity index (χ3n) is 15.1. The van der Waals surface area contributed by atoms with Crippen molar-refractivity contribution in [1.82, 2.24) is 19.1 Å². The Morgan fingerprint density at radius 2 is 1.11 bits per heavy atom. The smallest absolute Gasteiger partial charge is 0.330 e. The molecule has 3 aliphatic heterocycles. The molecule has 2 aromatic heterocycles. The van der Waals surface area contributed by atoms with Crippen molar-refractivity contribution in [2.45, 2.75) is 107 Å². The van der Waals surface area contributed by atoms with Gasteiger partial charge < -0.3 is 40.4 Å². The molecule has 3 aliphatic rings. The van der Waals surface area contributed by atoms with E-state index in [2.05, 4.69) is 55.0 Å². The zero-order chi connectivity index (χ0) is 55.7. The fourth-order valence-corrected chi connectivity index (χ4v) is 18.4. The van der Waals surface area contributed by atoms with Crippen molar-refractivity contribution in [2.75, 3.05) is 27.4 Å². The highest BCUT2D eigenvalue weighted by molar-refractivity contribution is 8.36. The van der Waals surface area contributed by atoms with E-state index in [1.807, 2.05) is 115 Å². The van der Waals surface area contributed by atoms with Crippen molar-refractivity contribution >= 4 is 38.1 Å². The summed E-state index contributed by atoms with van der Waals surface area (Å²) in [5.41, 5.74) is -0.541. The summed E-state index contributed by atoms with van der Waals surface area (Å²) >= 11 is 6.37. The molecule has 8 atom stereocenters. The summed E-state index contributed by atoms with van der Waals surface area (Å²) in [6, 6.07) is 45.6. The number of hydrogen-bond acceptors (Lipinski definition) is 14. The SMILES string of the molecule is COc1ccc(C(OC[C@H]2O[C@@H](n3cc(C)c(=O)[nH]c3=O)C[C@@H]2O[P+]2([S-])OCC[C@@H]([C@H]3O[C@@H](n4cc(C)c(=O)[nH]c4=O)C[C@@H]3O[Si](c3ccccc3)(c3ccccc3)C(C)(C)C)O2)(c2ccccc2)c2ccc(OC)cc2)cc1. The molecular weight excluding hydrogens is 1060 g/mol. The number of ether oxygens (including phenoxy) is 5. The van der Waals surface area contributed by atoms with Crippen LogP contribution in [0.4, 0.5) is 0 Å². The number of hydrogen-bond donors (Lipinski definition) is 2. The first kappa shape index (κ1) is 56.1. The Kier molecular flexibility index (Phi) is 16.4. The molecule has 0 saturated carbocycles. The van der Waals surface area contributed by atoms with Crippen LogP contribution < -0.4 is 42.3 Å². The lowest BCUT2D eigenvalue weighted by Crippen LogP contribution is -2.68. The topological polar surface area (TPSA) is 193 Å². The quantitative estimate of drug-likeness (QED) is 0.0391. The highest BCUT2D eigenvalue weighted by Crippen LogP contribution is 2.66. The standard InChI is InChI=1S/C59H65N4O13PSSi/c1-38-35-62(56(66)60-54(38)64)51-33-48(50(72-51)37-70-59(40-17-11-8-12-18-40,41-23-27-43(68-6)28-24-41)42-25-29-44(69-7)30-26-42)75-77(78)71-32-31-47(74-77)53-49(34-52(73-53)63-36-39(2)55(65)61-57(63)67)76-79(58(3,4)5,45-19-13-9-14-20-45)46-21-15-10-16-22-46/h8-30,35-36,47-53H,31-34,37H2,1-7H3,(H,60,64,66)(H,61,65,67)/t47-,48-,49-,50+,51+,52+,53+,77?/m0/s1. The monoisotopic (exact) mass is 1130 g/mol. The van der Waals surface area contributed by atoms with Gasteiger partial charge in [-0.05, 0) is 70.2 Å². The van der Waals surface area contributed by atoms with E-state index in [9.17, 15) is 19.2 Å². The summed E-state index contributed by atoms with van der Waals surface area (Å²) in [5.74, 6) is 1.31. The van der Waals surface area contributed by atoms with Crippen LogP contribution in [0.3, 0.4) is 0 Å². The van der Waals surface area contributed by atoms with Crippen LogP contribution in [-0.4, -0.2) is 85.4 Å². The van der Waals surface area contributed by atoms with Gasteiger partial charge in [0.05, 0.1) is 33.5 Å². The molecule has 3 saturated heterocycles. The number of methoxy groups -OCH3 is 2. The molecule has 7 aromatic rings. The average Bonchev–Trinajstić information content (AvgIpc) is 4.29. The lowest BCUT2D eigenvalue weighted by Gasteiger charge is -2.46. The van der Waals surface area contributed by atoms with Gasteiger partial charge in [-0.2, -0.15) is 13.6 Å². The van der Waals surface area contributed by atoms with Crippen LogP contribution in [0.15, 0.2) is 171 Å². The van der Waals surface area contributed by atoms with E-state index < -0.39 is 91.6 Å². The minimum absolute atomic E-state index is 0.0780. The molecule has 3 fully saturated rings. The van der Waals surface area contributed by atoms with Gasteiger partial charge in [0.15, 0.2) is 0 Å². The Labute approximate surface area is 464 Å². The predicted molar refractivity (Wildman–Crippen MR) is 305 cm³/mol. The summed E-state index contributed by atoms with van der Waals surface area (Å²) in [6.07, 6.45) is -2.31.